The average molecular weight is 213 g/mol. The van der Waals surface area contributed by atoms with E-state index in [1.807, 2.05) is 13.8 Å². The number of carbonyl (C=O) groups excluding carboxylic acids is 1. The second kappa shape index (κ2) is 5.13. The Bertz CT molecular complexity index is 334. The quantitative estimate of drug-likeness (QED) is 0.718. The number of aryl methyl sites for hydroxylation is 1. The van der Waals surface area contributed by atoms with E-state index in [9.17, 15) is 4.79 Å². The van der Waals surface area contributed by atoms with Crippen LogP contribution in [0.15, 0.2) is 18.2 Å². The van der Waals surface area contributed by atoms with Crippen molar-refractivity contribution in [3.63, 3.8) is 0 Å². The Kier molecular flexibility index (Phi) is 4.11. The molecular formula is C11H13ClO2. The predicted molar refractivity (Wildman–Crippen MR) is 57.0 cm³/mol. The third kappa shape index (κ3) is 2.82. The highest BCUT2D eigenvalue weighted by molar-refractivity contribution is 6.31. The van der Waals surface area contributed by atoms with E-state index in [0.717, 1.165) is 5.56 Å². The van der Waals surface area contributed by atoms with Crippen LogP contribution in [-0.2, 0) is 4.74 Å². The number of ether oxygens (including phenoxy) is 1. The van der Waals surface area contributed by atoms with Crippen LogP contribution in [0, 0.1) is 6.92 Å². The minimum Gasteiger partial charge on any atom is -0.374 e. The summed E-state index contributed by atoms with van der Waals surface area (Å²) in [5.74, 6) is -0.00776. The Morgan fingerprint density at radius 2 is 2.21 bits per heavy atom. The van der Waals surface area contributed by atoms with Crippen LogP contribution in [0.3, 0.4) is 0 Å². The number of ketones is 1. The molecule has 0 atom stereocenters. The van der Waals surface area contributed by atoms with E-state index in [-0.39, 0.29) is 12.4 Å². The maximum atomic E-state index is 11.5. The average Bonchev–Trinajstić information content (AvgIpc) is 2.18. The van der Waals surface area contributed by atoms with E-state index in [1.165, 1.54) is 0 Å². The summed E-state index contributed by atoms with van der Waals surface area (Å²) in [5, 5.41) is 0.679. The van der Waals surface area contributed by atoms with E-state index in [1.54, 1.807) is 18.2 Å². The molecule has 3 heteroatoms. The van der Waals surface area contributed by atoms with Crippen LogP contribution in [0.1, 0.15) is 22.8 Å². The van der Waals surface area contributed by atoms with E-state index < -0.39 is 0 Å². The van der Waals surface area contributed by atoms with Crippen LogP contribution in [0.25, 0.3) is 0 Å². The van der Waals surface area contributed by atoms with Gasteiger partial charge in [0.15, 0.2) is 5.78 Å². The summed E-state index contributed by atoms with van der Waals surface area (Å²) in [6.45, 7) is 4.43. The molecule has 1 rings (SSSR count). The first-order valence-electron chi connectivity index (χ1n) is 4.52. The SMILES string of the molecule is CCOCC(=O)c1ccc(Cl)c(C)c1. The zero-order valence-electron chi connectivity index (χ0n) is 8.34. The van der Waals surface area contributed by atoms with Crippen molar-refractivity contribution in [2.24, 2.45) is 0 Å². The van der Waals surface area contributed by atoms with Gasteiger partial charge in [-0.2, -0.15) is 0 Å². The standard InChI is InChI=1S/C11H13ClO2/c1-3-14-7-11(13)9-4-5-10(12)8(2)6-9/h4-6H,3,7H2,1-2H3. The topological polar surface area (TPSA) is 26.3 Å². The van der Waals surface area contributed by atoms with Crippen LogP contribution in [0.4, 0.5) is 0 Å². The zero-order chi connectivity index (χ0) is 10.6. The summed E-state index contributed by atoms with van der Waals surface area (Å²) in [4.78, 5) is 11.5. The van der Waals surface area contributed by atoms with Crippen molar-refractivity contribution >= 4 is 17.4 Å². The minimum atomic E-state index is -0.00776. The summed E-state index contributed by atoms with van der Waals surface area (Å²) in [5.41, 5.74) is 1.56. The molecule has 0 heterocycles. The van der Waals surface area contributed by atoms with Gasteiger partial charge in [0.25, 0.3) is 0 Å². The van der Waals surface area contributed by atoms with Gasteiger partial charge in [0, 0.05) is 17.2 Å². The zero-order valence-corrected chi connectivity index (χ0v) is 9.10. The lowest BCUT2D eigenvalue weighted by Gasteiger charge is -2.03. The Hall–Kier alpha value is -0.860. The lowest BCUT2D eigenvalue weighted by Crippen LogP contribution is -2.08. The maximum Gasteiger partial charge on any atom is 0.188 e. The molecule has 76 valence electrons. The van der Waals surface area contributed by atoms with Crippen LogP contribution < -0.4 is 0 Å². The van der Waals surface area contributed by atoms with Gasteiger partial charge in [-0.25, -0.2) is 0 Å². The predicted octanol–water partition coefficient (Wildman–Crippen LogP) is 2.87. The number of halogens is 1. The minimum absolute atomic E-state index is 0.00776. The van der Waals surface area contributed by atoms with Gasteiger partial charge in [0.05, 0.1) is 0 Å². The maximum absolute atomic E-state index is 11.5. The van der Waals surface area contributed by atoms with Gasteiger partial charge in [-0.1, -0.05) is 11.6 Å². The molecule has 0 fully saturated rings. The Balaban J connectivity index is 2.76. The molecule has 2 nitrogen and oxygen atoms in total. The van der Waals surface area contributed by atoms with Gasteiger partial charge < -0.3 is 4.74 Å². The smallest absolute Gasteiger partial charge is 0.188 e. The highest BCUT2D eigenvalue weighted by Gasteiger charge is 2.06. The molecule has 0 amide bonds. The fourth-order valence-electron chi connectivity index (χ4n) is 1.10. The number of benzene rings is 1. The number of carbonyl (C=O) groups is 1. The van der Waals surface area contributed by atoms with Crippen LogP contribution in [-0.4, -0.2) is 19.0 Å². The van der Waals surface area contributed by atoms with Crippen molar-refractivity contribution in [1.29, 1.82) is 0 Å². The van der Waals surface area contributed by atoms with E-state index in [0.29, 0.717) is 17.2 Å². The lowest BCUT2D eigenvalue weighted by molar-refractivity contribution is 0.0783. The number of Topliss-reactive ketones (excluding diaryl/α,β-unsaturated/α-hetero) is 1. The van der Waals surface area contributed by atoms with E-state index in [2.05, 4.69) is 0 Å². The van der Waals surface area contributed by atoms with Crippen molar-refractivity contribution in [2.75, 3.05) is 13.2 Å². The number of rotatable bonds is 4. The van der Waals surface area contributed by atoms with Crippen LogP contribution >= 0.6 is 11.6 Å². The molecule has 0 aromatic heterocycles. The van der Waals surface area contributed by atoms with Crippen molar-refractivity contribution in [2.45, 2.75) is 13.8 Å². The van der Waals surface area contributed by atoms with Gasteiger partial charge in [-0.3, -0.25) is 4.79 Å². The molecule has 1 aromatic rings. The first kappa shape index (κ1) is 11.2. The molecule has 1 aromatic carbocycles. The normalized spacial score (nSPS) is 10.2. The molecule has 0 spiro atoms. The fourth-order valence-corrected chi connectivity index (χ4v) is 1.21. The summed E-state index contributed by atoms with van der Waals surface area (Å²) in [6.07, 6.45) is 0. The Morgan fingerprint density at radius 3 is 2.79 bits per heavy atom. The molecule has 0 bridgehead atoms. The molecule has 0 aliphatic rings. The van der Waals surface area contributed by atoms with Gasteiger partial charge in [0.1, 0.15) is 6.61 Å². The molecule has 0 unspecified atom stereocenters. The number of hydrogen-bond donors (Lipinski definition) is 0. The molecule has 0 saturated carbocycles. The summed E-state index contributed by atoms with van der Waals surface area (Å²) in [7, 11) is 0. The largest absolute Gasteiger partial charge is 0.374 e. The third-order valence-corrected chi connectivity index (χ3v) is 2.34. The van der Waals surface area contributed by atoms with Crippen molar-refractivity contribution in [1.82, 2.24) is 0 Å². The molecule has 0 N–H and O–H groups in total. The highest BCUT2D eigenvalue weighted by atomic mass is 35.5. The lowest BCUT2D eigenvalue weighted by atomic mass is 10.1. The number of hydrogen-bond acceptors (Lipinski definition) is 2. The Labute approximate surface area is 88.8 Å². The van der Waals surface area contributed by atoms with Crippen molar-refractivity contribution in [3.05, 3.63) is 34.3 Å². The molecule has 14 heavy (non-hydrogen) atoms. The first-order valence-corrected chi connectivity index (χ1v) is 4.90. The summed E-state index contributed by atoms with van der Waals surface area (Å²) < 4.78 is 5.04. The monoisotopic (exact) mass is 212 g/mol. The van der Waals surface area contributed by atoms with Crippen LogP contribution in [0.5, 0.6) is 0 Å². The molecular weight excluding hydrogens is 200 g/mol. The first-order chi connectivity index (χ1) is 6.65. The fraction of sp³-hybridized carbons (Fsp3) is 0.364. The van der Waals surface area contributed by atoms with Gasteiger partial charge in [-0.05, 0) is 37.6 Å². The second-order valence-corrected chi connectivity index (χ2v) is 3.43. The molecule has 0 radical (unpaired) electrons. The summed E-state index contributed by atoms with van der Waals surface area (Å²) >= 11 is 5.85. The molecule has 0 saturated heterocycles. The summed E-state index contributed by atoms with van der Waals surface area (Å²) in [6, 6.07) is 5.23. The second-order valence-electron chi connectivity index (χ2n) is 3.02. The third-order valence-electron chi connectivity index (χ3n) is 1.92. The van der Waals surface area contributed by atoms with E-state index in [4.69, 9.17) is 16.3 Å². The van der Waals surface area contributed by atoms with Crippen LogP contribution in [0.2, 0.25) is 5.02 Å². The van der Waals surface area contributed by atoms with E-state index >= 15 is 0 Å². The van der Waals surface area contributed by atoms with Gasteiger partial charge in [0.2, 0.25) is 0 Å². The van der Waals surface area contributed by atoms with Crippen molar-refractivity contribution in [3.8, 4) is 0 Å². The van der Waals surface area contributed by atoms with Gasteiger partial charge >= 0.3 is 0 Å². The van der Waals surface area contributed by atoms with Gasteiger partial charge in [-0.15, -0.1) is 0 Å². The Morgan fingerprint density at radius 1 is 1.50 bits per heavy atom. The van der Waals surface area contributed by atoms with Crippen molar-refractivity contribution < 1.29 is 9.53 Å². The highest BCUT2D eigenvalue weighted by Crippen LogP contribution is 2.16. The molecule has 0 aliphatic carbocycles. The molecule has 0 aliphatic heterocycles.